The molecule has 0 fully saturated rings. The van der Waals surface area contributed by atoms with Gasteiger partial charge >= 0.3 is 0 Å². The van der Waals surface area contributed by atoms with Crippen molar-refractivity contribution < 1.29 is 4.79 Å². The van der Waals surface area contributed by atoms with Crippen LogP contribution in [-0.4, -0.2) is 25.7 Å². The van der Waals surface area contributed by atoms with Gasteiger partial charge in [-0.25, -0.2) is 4.98 Å². The number of pyridine rings is 2. The van der Waals surface area contributed by atoms with Crippen LogP contribution in [0.1, 0.15) is 16.1 Å². The minimum atomic E-state index is -0.139. The van der Waals surface area contributed by atoms with E-state index in [-0.39, 0.29) is 5.91 Å². The van der Waals surface area contributed by atoms with Crippen LogP contribution in [0.3, 0.4) is 0 Å². The predicted octanol–water partition coefficient (Wildman–Crippen LogP) is 2.96. The zero-order chi connectivity index (χ0) is 17.9. The van der Waals surface area contributed by atoms with Crippen LogP contribution >= 0.6 is 0 Å². The standard InChI is InChI=1S/C20H17N5O/c1-25-15(8-11-23-25)13-22-20(26)17-12-19(14-6-9-21-10-7-14)24-18-5-3-2-4-16(17)18/h2-12H,13H2,1H3,(H,22,26). The van der Waals surface area contributed by atoms with Crippen LogP contribution in [0.4, 0.5) is 0 Å². The van der Waals surface area contributed by atoms with Crippen molar-refractivity contribution >= 4 is 16.8 Å². The molecule has 0 bridgehead atoms. The van der Waals surface area contributed by atoms with Gasteiger partial charge < -0.3 is 5.32 Å². The monoisotopic (exact) mass is 343 g/mol. The van der Waals surface area contributed by atoms with E-state index in [9.17, 15) is 4.79 Å². The highest BCUT2D eigenvalue weighted by molar-refractivity contribution is 6.07. The van der Waals surface area contributed by atoms with Gasteiger partial charge in [0.05, 0.1) is 29.0 Å². The Bertz CT molecular complexity index is 1070. The molecule has 0 aliphatic rings. The third-order valence-corrected chi connectivity index (χ3v) is 4.29. The van der Waals surface area contributed by atoms with Gasteiger partial charge in [0.15, 0.2) is 0 Å². The van der Waals surface area contributed by atoms with E-state index in [1.807, 2.05) is 55.6 Å². The highest BCUT2D eigenvalue weighted by Gasteiger charge is 2.14. The average molecular weight is 343 g/mol. The quantitative estimate of drug-likeness (QED) is 0.618. The third-order valence-electron chi connectivity index (χ3n) is 4.29. The summed E-state index contributed by atoms with van der Waals surface area (Å²) < 4.78 is 1.74. The molecule has 0 atom stereocenters. The van der Waals surface area contributed by atoms with Gasteiger partial charge in [0, 0.05) is 36.6 Å². The number of rotatable bonds is 4. The molecule has 3 heterocycles. The number of nitrogens with one attached hydrogen (secondary N) is 1. The molecule has 1 amide bonds. The third kappa shape index (κ3) is 3.04. The molecule has 0 unspecified atom stereocenters. The first-order valence-corrected chi connectivity index (χ1v) is 8.27. The SMILES string of the molecule is Cn1nccc1CNC(=O)c1cc(-c2ccncc2)nc2ccccc12. The van der Waals surface area contributed by atoms with Gasteiger partial charge in [-0.3, -0.25) is 14.5 Å². The van der Waals surface area contributed by atoms with Gasteiger partial charge in [-0.15, -0.1) is 0 Å². The minimum absolute atomic E-state index is 0.139. The smallest absolute Gasteiger partial charge is 0.252 e. The minimum Gasteiger partial charge on any atom is -0.346 e. The molecule has 0 aliphatic carbocycles. The van der Waals surface area contributed by atoms with E-state index in [1.54, 1.807) is 23.3 Å². The molecule has 128 valence electrons. The van der Waals surface area contributed by atoms with Crippen molar-refractivity contribution in [2.24, 2.45) is 7.05 Å². The van der Waals surface area contributed by atoms with Crippen LogP contribution in [0.15, 0.2) is 67.1 Å². The summed E-state index contributed by atoms with van der Waals surface area (Å²) in [4.78, 5) is 21.6. The predicted molar refractivity (Wildman–Crippen MR) is 99.4 cm³/mol. The topological polar surface area (TPSA) is 72.7 Å². The lowest BCUT2D eigenvalue weighted by molar-refractivity contribution is 0.0951. The zero-order valence-corrected chi connectivity index (χ0v) is 14.3. The summed E-state index contributed by atoms with van der Waals surface area (Å²) in [7, 11) is 1.85. The summed E-state index contributed by atoms with van der Waals surface area (Å²) >= 11 is 0. The van der Waals surface area contributed by atoms with E-state index in [4.69, 9.17) is 4.98 Å². The van der Waals surface area contributed by atoms with E-state index in [0.29, 0.717) is 12.1 Å². The van der Waals surface area contributed by atoms with Gasteiger partial charge in [-0.1, -0.05) is 18.2 Å². The maximum atomic E-state index is 12.9. The summed E-state index contributed by atoms with van der Waals surface area (Å²) in [6.07, 6.45) is 5.15. The second-order valence-corrected chi connectivity index (χ2v) is 5.94. The fourth-order valence-corrected chi connectivity index (χ4v) is 2.87. The number of fused-ring (bicyclic) bond motifs is 1. The maximum absolute atomic E-state index is 12.9. The second kappa shape index (κ2) is 6.76. The Labute approximate surface area is 150 Å². The summed E-state index contributed by atoms with van der Waals surface area (Å²) in [5.41, 5.74) is 3.99. The van der Waals surface area contributed by atoms with E-state index in [1.165, 1.54) is 0 Å². The van der Waals surface area contributed by atoms with Gasteiger partial charge in [0.1, 0.15) is 0 Å². The Morgan fingerprint density at radius 1 is 1.08 bits per heavy atom. The number of aromatic nitrogens is 4. The molecule has 3 aromatic heterocycles. The molecular weight excluding hydrogens is 326 g/mol. The summed E-state index contributed by atoms with van der Waals surface area (Å²) in [6, 6.07) is 15.1. The van der Waals surface area contributed by atoms with Crippen molar-refractivity contribution in [2.75, 3.05) is 0 Å². The Balaban J connectivity index is 1.73. The maximum Gasteiger partial charge on any atom is 0.252 e. The molecule has 1 N–H and O–H groups in total. The van der Waals surface area contributed by atoms with Gasteiger partial charge in [0.2, 0.25) is 0 Å². The average Bonchev–Trinajstić information content (AvgIpc) is 3.10. The van der Waals surface area contributed by atoms with Gasteiger partial charge in [0.25, 0.3) is 5.91 Å². The summed E-state index contributed by atoms with van der Waals surface area (Å²) in [6.45, 7) is 0.413. The molecule has 26 heavy (non-hydrogen) atoms. The number of nitrogens with zero attached hydrogens (tertiary/aromatic N) is 4. The van der Waals surface area contributed by atoms with E-state index >= 15 is 0 Å². The van der Waals surface area contributed by atoms with Crippen molar-refractivity contribution in [1.29, 1.82) is 0 Å². The molecule has 0 spiro atoms. The Morgan fingerprint density at radius 2 is 1.88 bits per heavy atom. The number of hydrogen-bond donors (Lipinski definition) is 1. The molecule has 1 aromatic carbocycles. The fourth-order valence-electron chi connectivity index (χ4n) is 2.87. The number of hydrogen-bond acceptors (Lipinski definition) is 4. The lowest BCUT2D eigenvalue weighted by Gasteiger charge is -2.11. The summed E-state index contributed by atoms with van der Waals surface area (Å²) in [5.74, 6) is -0.139. The largest absolute Gasteiger partial charge is 0.346 e. The van der Waals surface area contributed by atoms with Crippen LogP contribution < -0.4 is 5.32 Å². The number of amides is 1. The molecule has 0 saturated carbocycles. The first-order valence-electron chi connectivity index (χ1n) is 8.27. The summed E-state index contributed by atoms with van der Waals surface area (Å²) in [5, 5.41) is 7.92. The van der Waals surface area contributed by atoms with Crippen LogP contribution in [0.25, 0.3) is 22.2 Å². The lowest BCUT2D eigenvalue weighted by Crippen LogP contribution is -2.24. The van der Waals surface area contributed by atoms with Crippen molar-refractivity contribution in [2.45, 2.75) is 6.54 Å². The number of carbonyl (C=O) groups excluding carboxylic acids is 1. The molecule has 0 radical (unpaired) electrons. The molecular formula is C20H17N5O. The molecule has 6 heteroatoms. The van der Waals surface area contributed by atoms with Crippen molar-refractivity contribution in [1.82, 2.24) is 25.1 Å². The van der Waals surface area contributed by atoms with E-state index in [0.717, 1.165) is 27.9 Å². The molecule has 0 aliphatic heterocycles. The highest BCUT2D eigenvalue weighted by Crippen LogP contribution is 2.24. The first-order chi connectivity index (χ1) is 12.7. The van der Waals surface area contributed by atoms with Crippen LogP contribution in [0.5, 0.6) is 0 Å². The van der Waals surface area contributed by atoms with E-state index in [2.05, 4.69) is 15.4 Å². The van der Waals surface area contributed by atoms with Crippen molar-refractivity contribution in [3.63, 3.8) is 0 Å². The van der Waals surface area contributed by atoms with Crippen molar-refractivity contribution in [3.8, 4) is 11.3 Å². The first kappa shape index (κ1) is 16.0. The number of carbonyl (C=O) groups is 1. The van der Waals surface area contributed by atoms with Gasteiger partial charge in [-0.2, -0.15) is 5.10 Å². The zero-order valence-electron chi connectivity index (χ0n) is 14.3. The lowest BCUT2D eigenvalue weighted by atomic mass is 10.0. The molecule has 4 aromatic rings. The van der Waals surface area contributed by atoms with E-state index < -0.39 is 0 Å². The Hall–Kier alpha value is -3.54. The van der Waals surface area contributed by atoms with Crippen LogP contribution in [0, 0.1) is 0 Å². The molecule has 4 rings (SSSR count). The van der Waals surface area contributed by atoms with Crippen LogP contribution in [0.2, 0.25) is 0 Å². The normalized spacial score (nSPS) is 10.8. The molecule has 6 nitrogen and oxygen atoms in total. The molecule has 0 saturated heterocycles. The second-order valence-electron chi connectivity index (χ2n) is 5.94. The van der Waals surface area contributed by atoms with Crippen molar-refractivity contribution in [3.05, 3.63) is 78.4 Å². The fraction of sp³-hybridized carbons (Fsp3) is 0.100. The Morgan fingerprint density at radius 3 is 2.65 bits per heavy atom. The number of para-hydroxylation sites is 1. The van der Waals surface area contributed by atoms with Gasteiger partial charge in [-0.05, 0) is 30.3 Å². The Kier molecular flexibility index (Phi) is 4.15. The number of benzene rings is 1. The highest BCUT2D eigenvalue weighted by atomic mass is 16.1. The number of aryl methyl sites for hydroxylation is 1. The van der Waals surface area contributed by atoms with Crippen LogP contribution in [-0.2, 0) is 13.6 Å².